The molecule has 0 amide bonds. The Morgan fingerprint density at radius 1 is 1.16 bits per heavy atom. The molecule has 4 aromatic rings. The number of benzene rings is 1. The van der Waals surface area contributed by atoms with Gasteiger partial charge in [0.05, 0.1) is 17.6 Å². The van der Waals surface area contributed by atoms with Gasteiger partial charge in [-0.3, -0.25) is 14.9 Å². The molecule has 4 heterocycles. The molecule has 32 heavy (non-hydrogen) atoms. The summed E-state index contributed by atoms with van der Waals surface area (Å²) in [6, 6.07) is 11.5. The zero-order valence-electron chi connectivity index (χ0n) is 17.4. The molecule has 166 valence electrons. The van der Waals surface area contributed by atoms with E-state index in [2.05, 4.69) is 36.9 Å². The molecule has 0 bridgehead atoms. The summed E-state index contributed by atoms with van der Waals surface area (Å²) in [7, 11) is 0. The Kier molecular flexibility index (Phi) is 6.20. The summed E-state index contributed by atoms with van der Waals surface area (Å²) in [6.45, 7) is 6.43. The molecule has 0 spiro atoms. The molecule has 1 atom stereocenters. The Bertz CT molecular complexity index is 1220. The topological polar surface area (TPSA) is 79.0 Å². The zero-order chi connectivity index (χ0) is 22.1. The van der Waals surface area contributed by atoms with Gasteiger partial charge in [0.1, 0.15) is 0 Å². The van der Waals surface area contributed by atoms with Crippen LogP contribution in [-0.4, -0.2) is 60.9 Å². The monoisotopic (exact) mass is 487 g/mol. The lowest BCUT2D eigenvalue weighted by molar-refractivity contribution is 0.0685. The third-order valence-electron chi connectivity index (χ3n) is 5.63. The third kappa shape index (κ3) is 4.55. The zero-order valence-corrected chi connectivity index (χ0v) is 19.8. The number of rotatable bonds is 6. The summed E-state index contributed by atoms with van der Waals surface area (Å²) >= 11 is 13.1. The second-order valence-electron chi connectivity index (χ2n) is 7.69. The summed E-state index contributed by atoms with van der Waals surface area (Å²) in [5, 5.41) is 10.2. The maximum Gasteiger partial charge on any atom is 0.244 e. The first-order chi connectivity index (χ1) is 15.6. The van der Waals surface area contributed by atoms with Crippen molar-refractivity contribution in [2.45, 2.75) is 19.6 Å². The van der Waals surface area contributed by atoms with Crippen LogP contribution in [-0.2, 0) is 6.67 Å². The predicted octanol–water partition coefficient (Wildman–Crippen LogP) is 4.71. The number of piperazine rings is 1. The molecule has 1 aliphatic rings. The Morgan fingerprint density at radius 3 is 2.66 bits per heavy atom. The van der Waals surface area contributed by atoms with Gasteiger partial charge < -0.3 is 4.52 Å². The molecule has 5 rings (SSSR count). The Morgan fingerprint density at radius 2 is 1.94 bits per heavy atom. The SMILES string of the molecule is CC(c1nc(-c2ccc(Cl)cc2)no1)N1CCN(Cn2[nH]c(-c3cccs3)nc2=S)CC1. The first-order valence-electron chi connectivity index (χ1n) is 10.3. The lowest BCUT2D eigenvalue weighted by Gasteiger charge is -2.36. The number of aromatic amines is 1. The van der Waals surface area contributed by atoms with E-state index in [1.54, 1.807) is 11.3 Å². The van der Waals surface area contributed by atoms with E-state index in [-0.39, 0.29) is 6.04 Å². The summed E-state index contributed by atoms with van der Waals surface area (Å²) in [4.78, 5) is 14.9. The summed E-state index contributed by atoms with van der Waals surface area (Å²) < 4.78 is 8.07. The molecule has 8 nitrogen and oxygen atoms in total. The van der Waals surface area contributed by atoms with Gasteiger partial charge in [0.2, 0.25) is 16.5 Å². The van der Waals surface area contributed by atoms with Crippen LogP contribution in [0.2, 0.25) is 5.02 Å². The number of thiophene rings is 1. The van der Waals surface area contributed by atoms with Crippen molar-refractivity contribution in [1.29, 1.82) is 0 Å². The maximum absolute atomic E-state index is 5.97. The molecule has 0 radical (unpaired) electrons. The molecule has 11 heteroatoms. The molecule has 3 aromatic heterocycles. The van der Waals surface area contributed by atoms with Crippen molar-refractivity contribution in [3.63, 3.8) is 0 Å². The first-order valence-corrected chi connectivity index (χ1v) is 12.0. The fourth-order valence-corrected chi connectivity index (χ4v) is 4.73. The van der Waals surface area contributed by atoms with Crippen LogP contribution in [0.1, 0.15) is 18.9 Å². The average Bonchev–Trinajstić information content (AvgIpc) is 3.56. The van der Waals surface area contributed by atoms with Crippen LogP contribution >= 0.6 is 35.2 Å². The van der Waals surface area contributed by atoms with E-state index in [0.717, 1.165) is 42.4 Å². The minimum atomic E-state index is 0.0467. The number of halogens is 1. The van der Waals surface area contributed by atoms with E-state index in [1.165, 1.54) is 0 Å². The number of hydrogen-bond acceptors (Lipinski definition) is 8. The normalized spacial score (nSPS) is 16.4. The van der Waals surface area contributed by atoms with Crippen LogP contribution < -0.4 is 0 Å². The highest BCUT2D eigenvalue weighted by molar-refractivity contribution is 7.71. The van der Waals surface area contributed by atoms with Crippen molar-refractivity contribution in [2.75, 3.05) is 26.2 Å². The van der Waals surface area contributed by atoms with E-state index in [9.17, 15) is 0 Å². The van der Waals surface area contributed by atoms with Gasteiger partial charge in [0, 0.05) is 36.8 Å². The lowest BCUT2D eigenvalue weighted by atomic mass is 10.2. The standard InChI is InChI=1S/C21H22ClN7OS2/c1-14(20-23-18(26-30-20)15-4-6-16(22)7-5-15)28-10-8-27(9-11-28)13-29-21(31)24-19(25-29)17-3-2-12-32-17/h2-7,12,14H,8-11,13H2,1H3,(H,24,25,31). The predicted molar refractivity (Wildman–Crippen MR) is 127 cm³/mol. The third-order valence-corrected chi connectivity index (χ3v) is 7.07. The second kappa shape index (κ2) is 9.24. The van der Waals surface area contributed by atoms with Crippen molar-refractivity contribution in [1.82, 2.24) is 34.7 Å². The summed E-state index contributed by atoms with van der Waals surface area (Å²) in [5.74, 6) is 2.03. The van der Waals surface area contributed by atoms with Crippen LogP contribution in [0.3, 0.4) is 0 Å². The minimum absolute atomic E-state index is 0.0467. The van der Waals surface area contributed by atoms with Crippen molar-refractivity contribution in [3.8, 4) is 22.1 Å². The van der Waals surface area contributed by atoms with Crippen molar-refractivity contribution >= 4 is 35.2 Å². The molecule has 0 saturated carbocycles. The van der Waals surface area contributed by atoms with Gasteiger partial charge >= 0.3 is 0 Å². The van der Waals surface area contributed by atoms with E-state index in [4.69, 9.17) is 28.3 Å². The van der Waals surface area contributed by atoms with Gasteiger partial charge in [0.15, 0.2) is 5.82 Å². The highest BCUT2D eigenvalue weighted by Gasteiger charge is 2.26. The molecule has 1 saturated heterocycles. The van der Waals surface area contributed by atoms with Gasteiger partial charge in [-0.05, 0) is 54.9 Å². The number of H-pyrrole nitrogens is 1. The van der Waals surface area contributed by atoms with E-state index < -0.39 is 0 Å². The van der Waals surface area contributed by atoms with Crippen LogP contribution in [0.5, 0.6) is 0 Å². The summed E-state index contributed by atoms with van der Waals surface area (Å²) in [6.07, 6.45) is 0. The van der Waals surface area contributed by atoms with Crippen LogP contribution in [0.15, 0.2) is 46.3 Å². The van der Waals surface area contributed by atoms with Crippen molar-refractivity contribution in [3.05, 3.63) is 57.5 Å². The molecular weight excluding hydrogens is 466 g/mol. The average molecular weight is 488 g/mol. The fourth-order valence-electron chi connectivity index (χ4n) is 3.75. The van der Waals surface area contributed by atoms with Crippen molar-refractivity contribution in [2.24, 2.45) is 0 Å². The van der Waals surface area contributed by atoms with E-state index >= 15 is 0 Å². The first kappa shape index (κ1) is 21.5. The number of nitrogens with one attached hydrogen (secondary N) is 1. The van der Waals surface area contributed by atoms with Crippen LogP contribution in [0.25, 0.3) is 22.1 Å². The lowest BCUT2D eigenvalue weighted by Crippen LogP contribution is -2.47. The highest BCUT2D eigenvalue weighted by Crippen LogP contribution is 2.25. The van der Waals surface area contributed by atoms with Gasteiger partial charge in [-0.25, -0.2) is 4.68 Å². The Balaban J connectivity index is 1.19. The minimum Gasteiger partial charge on any atom is -0.337 e. The van der Waals surface area contributed by atoms with Gasteiger partial charge in [0.25, 0.3) is 0 Å². The molecule has 1 unspecified atom stereocenters. The number of aromatic nitrogens is 5. The van der Waals surface area contributed by atoms with E-state index in [0.29, 0.717) is 28.2 Å². The van der Waals surface area contributed by atoms with Crippen LogP contribution in [0.4, 0.5) is 0 Å². The van der Waals surface area contributed by atoms with Gasteiger partial charge in [-0.2, -0.15) is 9.97 Å². The molecule has 1 N–H and O–H groups in total. The Labute approximate surface area is 199 Å². The smallest absolute Gasteiger partial charge is 0.244 e. The quantitative estimate of drug-likeness (QED) is 0.394. The highest BCUT2D eigenvalue weighted by atomic mass is 35.5. The Hall–Kier alpha value is -2.37. The van der Waals surface area contributed by atoms with E-state index in [1.807, 2.05) is 46.5 Å². The summed E-state index contributed by atoms with van der Waals surface area (Å²) in [5.41, 5.74) is 0.889. The van der Waals surface area contributed by atoms with Gasteiger partial charge in [-0.1, -0.05) is 22.8 Å². The molecule has 0 aliphatic carbocycles. The molecule has 1 aromatic carbocycles. The fraction of sp³-hybridized carbons (Fsp3) is 0.333. The number of hydrogen-bond donors (Lipinski definition) is 1. The maximum atomic E-state index is 5.97. The molecule has 1 aliphatic heterocycles. The molecule has 1 fully saturated rings. The van der Waals surface area contributed by atoms with Gasteiger partial charge in [-0.15, -0.1) is 11.3 Å². The van der Waals surface area contributed by atoms with Crippen molar-refractivity contribution < 1.29 is 4.52 Å². The number of nitrogens with zero attached hydrogens (tertiary/aromatic N) is 6. The van der Waals surface area contributed by atoms with Crippen LogP contribution in [0, 0.1) is 4.77 Å². The molecular formula is C21H22ClN7OS2. The second-order valence-corrected chi connectivity index (χ2v) is 9.44. The largest absolute Gasteiger partial charge is 0.337 e.